The number of ether oxygens (including phenoxy) is 3. The second-order valence-corrected chi connectivity index (χ2v) is 8.65. The number of aromatic nitrogens is 2. The summed E-state index contributed by atoms with van der Waals surface area (Å²) in [6, 6.07) is 9.90. The van der Waals surface area contributed by atoms with Crippen LogP contribution in [0.15, 0.2) is 36.7 Å². The smallest absolute Gasteiger partial charge is 0.176 e. The molecular formula is C25H31N5O3S. The van der Waals surface area contributed by atoms with E-state index in [0.29, 0.717) is 29.0 Å². The molecule has 180 valence electrons. The second-order valence-electron chi connectivity index (χ2n) is 8.24. The molecular weight excluding hydrogens is 450 g/mol. The summed E-state index contributed by atoms with van der Waals surface area (Å²) in [5, 5.41) is 7.77. The van der Waals surface area contributed by atoms with Gasteiger partial charge in [-0.2, -0.15) is 0 Å². The number of fused-ring (bicyclic) bond motifs is 1. The van der Waals surface area contributed by atoms with Gasteiger partial charge >= 0.3 is 0 Å². The summed E-state index contributed by atoms with van der Waals surface area (Å²) in [6.45, 7) is 9.21. The molecule has 34 heavy (non-hydrogen) atoms. The molecule has 0 unspecified atom stereocenters. The zero-order valence-electron chi connectivity index (χ0n) is 19.9. The molecule has 0 saturated carbocycles. The maximum absolute atomic E-state index is 6.10. The molecule has 8 nitrogen and oxygen atoms in total. The number of aryl methyl sites for hydroxylation is 2. The van der Waals surface area contributed by atoms with Gasteiger partial charge in [0.05, 0.1) is 32.4 Å². The first-order chi connectivity index (χ1) is 16.5. The SMILES string of the molecule is COc1cc2ncnc(NC(=S)Nc3c(C)cccc3C)c2cc1OCCCN1CCOCC1. The van der Waals surface area contributed by atoms with E-state index in [-0.39, 0.29) is 0 Å². The van der Waals surface area contributed by atoms with Crippen molar-refractivity contribution in [2.24, 2.45) is 0 Å². The lowest BCUT2D eigenvalue weighted by atomic mass is 10.1. The first-order valence-corrected chi connectivity index (χ1v) is 11.9. The van der Waals surface area contributed by atoms with Crippen molar-refractivity contribution in [3.63, 3.8) is 0 Å². The highest BCUT2D eigenvalue weighted by Gasteiger charge is 2.14. The molecule has 0 spiro atoms. The molecule has 0 aliphatic carbocycles. The molecule has 2 N–H and O–H groups in total. The molecule has 0 bridgehead atoms. The van der Waals surface area contributed by atoms with Crippen LogP contribution in [0.3, 0.4) is 0 Å². The zero-order chi connectivity index (χ0) is 23.9. The van der Waals surface area contributed by atoms with E-state index < -0.39 is 0 Å². The number of benzene rings is 2. The van der Waals surface area contributed by atoms with E-state index in [4.69, 9.17) is 26.4 Å². The van der Waals surface area contributed by atoms with Crippen molar-refractivity contribution in [1.82, 2.24) is 14.9 Å². The number of hydrogen-bond donors (Lipinski definition) is 2. The summed E-state index contributed by atoms with van der Waals surface area (Å²) >= 11 is 5.58. The van der Waals surface area contributed by atoms with Crippen molar-refractivity contribution < 1.29 is 14.2 Å². The minimum Gasteiger partial charge on any atom is -0.493 e. The van der Waals surface area contributed by atoms with E-state index in [1.54, 1.807) is 7.11 Å². The first-order valence-electron chi connectivity index (χ1n) is 11.4. The molecule has 2 heterocycles. The van der Waals surface area contributed by atoms with E-state index in [9.17, 15) is 0 Å². The van der Waals surface area contributed by atoms with E-state index in [1.807, 2.05) is 44.2 Å². The third kappa shape index (κ3) is 5.91. The minimum absolute atomic E-state index is 0.459. The number of nitrogens with zero attached hydrogens (tertiary/aromatic N) is 3. The minimum atomic E-state index is 0.459. The Bertz CT molecular complexity index is 1130. The van der Waals surface area contributed by atoms with E-state index in [2.05, 4.69) is 25.5 Å². The van der Waals surface area contributed by atoms with Crippen molar-refractivity contribution in [2.75, 3.05) is 57.2 Å². The van der Waals surface area contributed by atoms with Crippen LogP contribution in [0, 0.1) is 13.8 Å². The zero-order valence-corrected chi connectivity index (χ0v) is 20.7. The molecule has 0 amide bonds. The molecule has 0 atom stereocenters. The molecule has 1 aliphatic heterocycles. The van der Waals surface area contributed by atoms with E-state index >= 15 is 0 Å². The maximum Gasteiger partial charge on any atom is 0.176 e. The average Bonchev–Trinajstić information content (AvgIpc) is 2.84. The van der Waals surface area contributed by atoms with Gasteiger partial charge in [-0.25, -0.2) is 9.97 Å². The number of anilines is 2. The van der Waals surface area contributed by atoms with Gasteiger partial charge in [-0.05, 0) is 49.7 Å². The predicted octanol–water partition coefficient (Wildman–Crippen LogP) is 4.17. The Balaban J connectivity index is 1.47. The van der Waals surface area contributed by atoms with Gasteiger partial charge in [-0.1, -0.05) is 18.2 Å². The molecule has 1 saturated heterocycles. The fourth-order valence-electron chi connectivity index (χ4n) is 3.99. The molecule has 9 heteroatoms. The van der Waals surface area contributed by atoms with Crippen molar-refractivity contribution in [2.45, 2.75) is 20.3 Å². The number of rotatable bonds is 8. The van der Waals surface area contributed by atoms with Crippen LogP contribution in [0.25, 0.3) is 10.9 Å². The Kier molecular flexibility index (Phi) is 8.10. The summed E-state index contributed by atoms with van der Waals surface area (Å²) in [4.78, 5) is 11.2. The summed E-state index contributed by atoms with van der Waals surface area (Å²) in [6.07, 6.45) is 2.43. The van der Waals surface area contributed by atoms with Gasteiger partial charge in [0, 0.05) is 36.8 Å². The number of thiocarbonyl (C=S) groups is 1. The van der Waals surface area contributed by atoms with Crippen molar-refractivity contribution >= 4 is 39.7 Å². The molecule has 3 aromatic rings. The summed E-state index contributed by atoms with van der Waals surface area (Å²) in [7, 11) is 1.63. The van der Waals surface area contributed by atoms with Gasteiger partial charge in [0.2, 0.25) is 0 Å². The third-order valence-corrected chi connectivity index (χ3v) is 6.06. The lowest BCUT2D eigenvalue weighted by Crippen LogP contribution is -2.37. The van der Waals surface area contributed by atoms with Gasteiger partial charge in [0.15, 0.2) is 16.6 Å². The van der Waals surface area contributed by atoms with Crippen molar-refractivity contribution in [3.05, 3.63) is 47.8 Å². The predicted molar refractivity (Wildman–Crippen MR) is 139 cm³/mol. The van der Waals surface area contributed by atoms with Crippen LogP contribution in [0.1, 0.15) is 17.5 Å². The highest BCUT2D eigenvalue weighted by Crippen LogP contribution is 2.34. The average molecular weight is 482 g/mol. The van der Waals surface area contributed by atoms with Gasteiger partial charge in [-0.15, -0.1) is 0 Å². The standard InChI is InChI=1S/C25H31N5O3S/c1-17-6-4-7-18(2)23(17)28-25(34)29-24-19-14-22(21(31-3)15-20(19)26-16-27-24)33-11-5-8-30-9-12-32-13-10-30/h4,6-7,14-16H,5,8-13H2,1-3H3,(H2,26,27,28,29,34). The Hall–Kier alpha value is -3.01. The molecule has 1 aromatic heterocycles. The third-order valence-electron chi connectivity index (χ3n) is 5.85. The van der Waals surface area contributed by atoms with E-state index in [0.717, 1.165) is 67.0 Å². The first kappa shape index (κ1) is 24.1. The second kappa shape index (κ2) is 11.4. The largest absolute Gasteiger partial charge is 0.493 e. The van der Waals surface area contributed by atoms with Gasteiger partial charge in [0.1, 0.15) is 12.1 Å². The number of methoxy groups -OCH3 is 1. The monoisotopic (exact) mass is 481 g/mol. The molecule has 4 rings (SSSR count). The molecule has 1 fully saturated rings. The van der Waals surface area contributed by atoms with E-state index in [1.165, 1.54) is 6.33 Å². The number of hydrogen-bond acceptors (Lipinski definition) is 7. The summed E-state index contributed by atoms with van der Waals surface area (Å²) in [5.74, 6) is 1.90. The number of para-hydroxylation sites is 1. The lowest BCUT2D eigenvalue weighted by molar-refractivity contribution is 0.0357. The van der Waals surface area contributed by atoms with Gasteiger partial charge in [0.25, 0.3) is 0 Å². The quantitative estimate of drug-likeness (QED) is 0.364. The number of nitrogens with one attached hydrogen (secondary N) is 2. The Morgan fingerprint density at radius 1 is 1.09 bits per heavy atom. The van der Waals surface area contributed by atoms with Crippen LogP contribution in [-0.2, 0) is 4.74 Å². The summed E-state index contributed by atoms with van der Waals surface area (Å²) in [5.41, 5.74) is 3.97. The topological polar surface area (TPSA) is 80.8 Å². The highest BCUT2D eigenvalue weighted by atomic mass is 32.1. The highest BCUT2D eigenvalue weighted by molar-refractivity contribution is 7.80. The van der Waals surface area contributed by atoms with Crippen LogP contribution in [-0.4, -0.2) is 66.5 Å². The maximum atomic E-state index is 6.10. The van der Waals surface area contributed by atoms with Crippen molar-refractivity contribution in [3.8, 4) is 11.5 Å². The normalized spacial score (nSPS) is 14.1. The van der Waals surface area contributed by atoms with Crippen LogP contribution in [0.5, 0.6) is 11.5 Å². The van der Waals surface area contributed by atoms with Crippen LogP contribution >= 0.6 is 12.2 Å². The fourth-order valence-corrected chi connectivity index (χ4v) is 4.19. The van der Waals surface area contributed by atoms with Crippen LogP contribution in [0.4, 0.5) is 11.5 Å². The summed E-state index contributed by atoms with van der Waals surface area (Å²) < 4.78 is 17.1. The Morgan fingerprint density at radius 2 is 1.85 bits per heavy atom. The fraction of sp³-hybridized carbons (Fsp3) is 0.400. The van der Waals surface area contributed by atoms with Gasteiger partial charge in [-0.3, -0.25) is 4.90 Å². The molecule has 1 aliphatic rings. The molecule has 2 aromatic carbocycles. The Labute approximate surface area is 205 Å². The van der Waals surface area contributed by atoms with Crippen molar-refractivity contribution in [1.29, 1.82) is 0 Å². The number of morpholine rings is 1. The van der Waals surface area contributed by atoms with Crippen LogP contribution in [0.2, 0.25) is 0 Å². The molecule has 0 radical (unpaired) electrons. The van der Waals surface area contributed by atoms with Crippen LogP contribution < -0.4 is 20.1 Å². The Morgan fingerprint density at radius 3 is 2.59 bits per heavy atom. The van der Waals surface area contributed by atoms with Gasteiger partial charge < -0.3 is 24.8 Å². The lowest BCUT2D eigenvalue weighted by Gasteiger charge is -2.26.